The summed E-state index contributed by atoms with van der Waals surface area (Å²) < 4.78 is 3.16. The SMILES string of the molecule is C=CCNCC(C)n1nc(C)c(Br)c1C. The highest BCUT2D eigenvalue weighted by atomic mass is 79.9. The Hall–Kier alpha value is -0.610. The highest BCUT2D eigenvalue weighted by Crippen LogP contribution is 2.22. The average Bonchev–Trinajstić information content (AvgIpc) is 2.46. The number of hydrogen-bond donors (Lipinski definition) is 1. The normalized spacial score (nSPS) is 12.8. The van der Waals surface area contributed by atoms with Crippen LogP contribution in [0.1, 0.15) is 24.4 Å². The molecule has 1 aromatic heterocycles. The molecular formula is C11H18BrN3. The minimum absolute atomic E-state index is 0.356. The Bertz CT molecular complexity index is 344. The van der Waals surface area contributed by atoms with Gasteiger partial charge in [0.05, 0.1) is 21.9 Å². The Balaban J connectivity index is 2.69. The molecule has 0 amide bonds. The van der Waals surface area contributed by atoms with Crippen LogP contribution in [0, 0.1) is 13.8 Å². The van der Waals surface area contributed by atoms with Crippen molar-refractivity contribution in [2.75, 3.05) is 13.1 Å². The van der Waals surface area contributed by atoms with E-state index in [1.165, 1.54) is 5.69 Å². The van der Waals surface area contributed by atoms with Crippen LogP contribution in [0.2, 0.25) is 0 Å². The molecular weight excluding hydrogens is 254 g/mol. The second-order valence-corrected chi connectivity index (χ2v) is 4.52. The molecule has 0 aromatic carbocycles. The lowest BCUT2D eigenvalue weighted by Crippen LogP contribution is -2.24. The number of aromatic nitrogens is 2. The van der Waals surface area contributed by atoms with Crippen LogP contribution in [0.3, 0.4) is 0 Å². The first-order valence-electron chi connectivity index (χ1n) is 5.10. The standard InChI is InChI=1S/C11H18BrN3/c1-5-6-13-7-8(2)15-10(4)11(12)9(3)14-15/h5,8,13H,1,6-7H2,2-4H3. The van der Waals surface area contributed by atoms with Crippen LogP contribution in [-0.2, 0) is 0 Å². The molecule has 0 bridgehead atoms. The quantitative estimate of drug-likeness (QED) is 0.659. The summed E-state index contributed by atoms with van der Waals surface area (Å²) in [5.74, 6) is 0. The summed E-state index contributed by atoms with van der Waals surface area (Å²) in [7, 11) is 0. The molecule has 1 unspecified atom stereocenters. The fourth-order valence-corrected chi connectivity index (χ4v) is 1.81. The third-order valence-electron chi connectivity index (χ3n) is 2.38. The van der Waals surface area contributed by atoms with E-state index in [0.29, 0.717) is 6.04 Å². The Labute approximate surface area is 99.7 Å². The number of rotatable bonds is 5. The molecule has 15 heavy (non-hydrogen) atoms. The van der Waals surface area contributed by atoms with E-state index in [1.54, 1.807) is 0 Å². The highest BCUT2D eigenvalue weighted by Gasteiger charge is 2.13. The first-order chi connectivity index (χ1) is 7.07. The molecule has 4 heteroatoms. The lowest BCUT2D eigenvalue weighted by atomic mass is 10.3. The van der Waals surface area contributed by atoms with E-state index in [2.05, 4.69) is 51.5 Å². The Kier molecular flexibility index (Phi) is 4.54. The lowest BCUT2D eigenvalue weighted by molar-refractivity contribution is 0.453. The van der Waals surface area contributed by atoms with Crippen molar-refractivity contribution in [3.05, 3.63) is 28.5 Å². The molecule has 0 aliphatic heterocycles. The number of halogens is 1. The maximum Gasteiger partial charge on any atom is 0.0738 e. The third kappa shape index (κ3) is 2.92. The van der Waals surface area contributed by atoms with Gasteiger partial charge in [0.2, 0.25) is 0 Å². The van der Waals surface area contributed by atoms with Gasteiger partial charge >= 0.3 is 0 Å². The van der Waals surface area contributed by atoms with Crippen molar-refractivity contribution in [1.29, 1.82) is 0 Å². The van der Waals surface area contributed by atoms with Crippen molar-refractivity contribution in [2.45, 2.75) is 26.8 Å². The summed E-state index contributed by atoms with van der Waals surface area (Å²) in [6, 6.07) is 0.356. The van der Waals surface area contributed by atoms with Crippen LogP contribution < -0.4 is 5.32 Å². The summed E-state index contributed by atoms with van der Waals surface area (Å²) in [5, 5.41) is 7.79. The maximum absolute atomic E-state index is 4.49. The number of hydrogen-bond acceptors (Lipinski definition) is 2. The van der Waals surface area contributed by atoms with Gasteiger partial charge in [-0.2, -0.15) is 5.10 Å². The van der Waals surface area contributed by atoms with Gasteiger partial charge < -0.3 is 5.32 Å². The molecule has 0 saturated carbocycles. The predicted octanol–water partition coefficient (Wildman–Crippen LogP) is 2.60. The Morgan fingerprint density at radius 2 is 2.27 bits per heavy atom. The number of nitrogens with one attached hydrogen (secondary N) is 1. The van der Waals surface area contributed by atoms with Crippen LogP contribution in [0.15, 0.2) is 17.1 Å². The molecule has 3 nitrogen and oxygen atoms in total. The molecule has 0 spiro atoms. The molecule has 1 N–H and O–H groups in total. The second kappa shape index (κ2) is 5.47. The molecule has 1 rings (SSSR count). The minimum atomic E-state index is 0.356. The van der Waals surface area contributed by atoms with Gasteiger partial charge in [-0.25, -0.2) is 0 Å². The zero-order chi connectivity index (χ0) is 11.4. The van der Waals surface area contributed by atoms with Crippen molar-refractivity contribution in [3.8, 4) is 0 Å². The summed E-state index contributed by atoms with van der Waals surface area (Å²) in [4.78, 5) is 0. The number of aryl methyl sites for hydroxylation is 1. The summed E-state index contributed by atoms with van der Waals surface area (Å²) in [6.07, 6.45) is 1.86. The topological polar surface area (TPSA) is 29.9 Å². The zero-order valence-electron chi connectivity index (χ0n) is 9.55. The maximum atomic E-state index is 4.49. The monoisotopic (exact) mass is 271 g/mol. The smallest absolute Gasteiger partial charge is 0.0738 e. The molecule has 0 radical (unpaired) electrons. The van der Waals surface area contributed by atoms with Crippen LogP contribution in [0.5, 0.6) is 0 Å². The van der Waals surface area contributed by atoms with Crippen LogP contribution >= 0.6 is 15.9 Å². The van der Waals surface area contributed by atoms with Crippen molar-refractivity contribution in [2.24, 2.45) is 0 Å². The molecule has 0 aliphatic rings. The van der Waals surface area contributed by atoms with E-state index >= 15 is 0 Å². The molecule has 1 aromatic rings. The van der Waals surface area contributed by atoms with E-state index < -0.39 is 0 Å². The molecule has 84 valence electrons. The Morgan fingerprint density at radius 3 is 2.73 bits per heavy atom. The first-order valence-corrected chi connectivity index (χ1v) is 5.90. The summed E-state index contributed by atoms with van der Waals surface area (Å²) >= 11 is 3.53. The van der Waals surface area contributed by atoms with E-state index in [9.17, 15) is 0 Å². The first kappa shape index (κ1) is 12.5. The fourth-order valence-electron chi connectivity index (χ4n) is 1.55. The van der Waals surface area contributed by atoms with Crippen molar-refractivity contribution >= 4 is 15.9 Å². The van der Waals surface area contributed by atoms with E-state index in [-0.39, 0.29) is 0 Å². The largest absolute Gasteiger partial charge is 0.311 e. The van der Waals surface area contributed by atoms with Gasteiger partial charge in [0.1, 0.15) is 0 Å². The van der Waals surface area contributed by atoms with E-state index in [0.717, 1.165) is 23.3 Å². The lowest BCUT2D eigenvalue weighted by Gasteiger charge is -2.14. The van der Waals surface area contributed by atoms with Gasteiger partial charge in [-0.05, 0) is 36.7 Å². The molecule has 0 aliphatic carbocycles. The highest BCUT2D eigenvalue weighted by molar-refractivity contribution is 9.10. The van der Waals surface area contributed by atoms with Crippen molar-refractivity contribution < 1.29 is 0 Å². The third-order valence-corrected chi connectivity index (χ3v) is 3.53. The van der Waals surface area contributed by atoms with Crippen LogP contribution in [-0.4, -0.2) is 22.9 Å². The van der Waals surface area contributed by atoms with Crippen LogP contribution in [0.4, 0.5) is 0 Å². The minimum Gasteiger partial charge on any atom is -0.311 e. The second-order valence-electron chi connectivity index (χ2n) is 3.73. The van der Waals surface area contributed by atoms with Gasteiger partial charge in [-0.1, -0.05) is 6.08 Å². The zero-order valence-corrected chi connectivity index (χ0v) is 11.1. The van der Waals surface area contributed by atoms with E-state index in [1.807, 2.05) is 13.0 Å². The van der Waals surface area contributed by atoms with Crippen molar-refractivity contribution in [1.82, 2.24) is 15.1 Å². The fraction of sp³-hybridized carbons (Fsp3) is 0.545. The summed E-state index contributed by atoms with van der Waals surface area (Å²) in [5.41, 5.74) is 2.23. The van der Waals surface area contributed by atoms with Gasteiger partial charge in [0.15, 0.2) is 0 Å². The average molecular weight is 272 g/mol. The van der Waals surface area contributed by atoms with Crippen molar-refractivity contribution in [3.63, 3.8) is 0 Å². The van der Waals surface area contributed by atoms with Crippen LogP contribution in [0.25, 0.3) is 0 Å². The predicted molar refractivity (Wildman–Crippen MR) is 67.2 cm³/mol. The molecule has 1 heterocycles. The molecule has 1 atom stereocenters. The summed E-state index contributed by atoms with van der Waals surface area (Å²) in [6.45, 7) is 11.7. The Morgan fingerprint density at radius 1 is 1.60 bits per heavy atom. The van der Waals surface area contributed by atoms with Gasteiger partial charge in [-0.15, -0.1) is 6.58 Å². The van der Waals surface area contributed by atoms with Gasteiger partial charge in [0, 0.05) is 13.1 Å². The molecule has 0 saturated heterocycles. The molecule has 0 fully saturated rings. The number of nitrogens with zero attached hydrogens (tertiary/aromatic N) is 2. The van der Waals surface area contributed by atoms with Gasteiger partial charge in [0.25, 0.3) is 0 Å². The van der Waals surface area contributed by atoms with E-state index in [4.69, 9.17) is 0 Å². The van der Waals surface area contributed by atoms with Gasteiger partial charge in [-0.3, -0.25) is 4.68 Å².